The molecule has 0 radical (unpaired) electrons. The largest absolute Gasteiger partial charge is 0.496 e. The zero-order valence-corrected chi connectivity index (χ0v) is 23.8. The molecular weight excluding hydrogens is 599 g/mol. The molecule has 0 spiro atoms. The second-order valence-corrected chi connectivity index (χ2v) is 10.0. The molecule has 0 saturated carbocycles. The first-order valence-corrected chi connectivity index (χ1v) is 13.8. The summed E-state index contributed by atoms with van der Waals surface area (Å²) < 4.78 is 12.5. The molecule has 0 saturated heterocycles. The Kier molecular flexibility index (Phi) is 11.6. The number of amides is 2. The minimum atomic E-state index is -1.09. The van der Waals surface area contributed by atoms with E-state index < -0.39 is 18.2 Å². The summed E-state index contributed by atoms with van der Waals surface area (Å²) >= 11 is 2.15. The number of rotatable bonds is 12. The van der Waals surface area contributed by atoms with Crippen LogP contribution in [-0.4, -0.2) is 72.0 Å². The zero-order valence-electron chi connectivity index (χ0n) is 21.7. The molecule has 0 fully saturated rings. The second-order valence-electron chi connectivity index (χ2n) is 8.85. The highest BCUT2D eigenvalue weighted by Crippen LogP contribution is 2.30. The van der Waals surface area contributed by atoms with Crippen LogP contribution in [0, 0.1) is 3.57 Å². The predicted molar refractivity (Wildman–Crippen MR) is 154 cm³/mol. The lowest BCUT2D eigenvalue weighted by molar-refractivity contribution is -0.133. The van der Waals surface area contributed by atoms with Crippen molar-refractivity contribution >= 4 is 34.4 Å². The molecule has 204 valence electrons. The molecule has 3 atom stereocenters. The Balaban J connectivity index is 1.95. The number of benzene rings is 2. The number of carbonyl (C=O) groups is 2. The summed E-state index contributed by atoms with van der Waals surface area (Å²) in [6.07, 6.45) is 4.27. The maximum absolute atomic E-state index is 13.4. The van der Waals surface area contributed by atoms with E-state index in [-0.39, 0.29) is 31.4 Å². The van der Waals surface area contributed by atoms with Gasteiger partial charge in [-0.05, 0) is 71.3 Å². The first kappa shape index (κ1) is 29.7. The van der Waals surface area contributed by atoms with E-state index in [1.54, 1.807) is 30.2 Å². The van der Waals surface area contributed by atoms with Crippen LogP contribution >= 0.6 is 22.6 Å². The Morgan fingerprint density at radius 2 is 1.87 bits per heavy atom. The monoisotopic (exact) mass is 634 g/mol. The number of allylic oxidation sites excluding steroid dienone is 1. The van der Waals surface area contributed by atoms with Crippen molar-refractivity contribution in [3.63, 3.8) is 0 Å². The van der Waals surface area contributed by atoms with Crippen molar-refractivity contribution in [1.29, 1.82) is 0 Å². The molecule has 0 bridgehead atoms. The highest BCUT2D eigenvalue weighted by Gasteiger charge is 2.40. The highest BCUT2D eigenvalue weighted by atomic mass is 127. The highest BCUT2D eigenvalue weighted by molar-refractivity contribution is 14.1. The van der Waals surface area contributed by atoms with E-state index >= 15 is 0 Å². The lowest BCUT2D eigenvalue weighted by atomic mass is 9.87. The minimum Gasteiger partial charge on any atom is -0.496 e. The van der Waals surface area contributed by atoms with Gasteiger partial charge in [0.2, 0.25) is 11.8 Å². The molecule has 3 rings (SSSR count). The Morgan fingerprint density at radius 3 is 2.55 bits per heavy atom. The van der Waals surface area contributed by atoms with Crippen LogP contribution in [0.25, 0.3) is 0 Å². The molecular formula is C29H35IN2O6. The number of aliphatic hydroxyl groups excluding tert-OH is 2. The Hall–Kier alpha value is -2.89. The van der Waals surface area contributed by atoms with Gasteiger partial charge in [-0.2, -0.15) is 0 Å². The smallest absolute Gasteiger partial charge is 0.247 e. The third-order valence-electron chi connectivity index (χ3n) is 6.31. The summed E-state index contributed by atoms with van der Waals surface area (Å²) in [5, 5.41) is 23.4. The molecule has 9 heteroatoms. The maximum Gasteiger partial charge on any atom is 0.247 e. The molecule has 2 amide bonds. The molecule has 1 aliphatic carbocycles. The van der Waals surface area contributed by atoms with Gasteiger partial charge in [0.05, 0.1) is 23.3 Å². The molecule has 8 nitrogen and oxygen atoms in total. The van der Waals surface area contributed by atoms with Crippen LogP contribution in [-0.2, 0) is 16.0 Å². The fourth-order valence-corrected chi connectivity index (χ4v) is 4.89. The van der Waals surface area contributed by atoms with Crippen molar-refractivity contribution in [3.05, 3.63) is 81.5 Å². The molecule has 0 heterocycles. The average molecular weight is 635 g/mol. The van der Waals surface area contributed by atoms with E-state index in [0.717, 1.165) is 14.9 Å². The summed E-state index contributed by atoms with van der Waals surface area (Å²) in [6, 6.07) is 14.3. The first-order valence-electron chi connectivity index (χ1n) is 12.7. The normalized spacial score (nSPS) is 19.1. The van der Waals surface area contributed by atoms with Crippen LogP contribution in [0.15, 0.2) is 72.3 Å². The van der Waals surface area contributed by atoms with E-state index in [9.17, 15) is 19.8 Å². The second kappa shape index (κ2) is 14.9. The van der Waals surface area contributed by atoms with Crippen molar-refractivity contribution in [2.75, 3.05) is 26.8 Å². The third-order valence-corrected chi connectivity index (χ3v) is 7.20. The van der Waals surface area contributed by atoms with Crippen molar-refractivity contribution in [3.8, 4) is 11.5 Å². The van der Waals surface area contributed by atoms with E-state index in [1.807, 2.05) is 49.4 Å². The summed E-state index contributed by atoms with van der Waals surface area (Å²) in [4.78, 5) is 27.9. The van der Waals surface area contributed by atoms with Crippen LogP contribution in [0.2, 0.25) is 0 Å². The molecule has 2 aromatic carbocycles. The lowest BCUT2D eigenvalue weighted by Crippen LogP contribution is -2.55. The zero-order chi connectivity index (χ0) is 27.5. The van der Waals surface area contributed by atoms with Crippen molar-refractivity contribution in [1.82, 2.24) is 10.2 Å². The molecule has 3 N–H and O–H groups in total. The summed E-state index contributed by atoms with van der Waals surface area (Å²) in [7, 11) is 1.60. The lowest BCUT2D eigenvalue weighted by Gasteiger charge is -2.40. The van der Waals surface area contributed by atoms with Gasteiger partial charge in [-0.15, -0.1) is 0 Å². The average Bonchev–Trinajstić information content (AvgIpc) is 2.93. The van der Waals surface area contributed by atoms with E-state index in [0.29, 0.717) is 30.7 Å². The Morgan fingerprint density at radius 1 is 1.16 bits per heavy atom. The van der Waals surface area contributed by atoms with Crippen LogP contribution in [0.5, 0.6) is 11.5 Å². The number of carbonyl (C=O) groups excluding carboxylic acids is 2. The van der Waals surface area contributed by atoms with Gasteiger partial charge in [0.1, 0.15) is 23.7 Å². The fourth-order valence-electron chi connectivity index (χ4n) is 4.37. The third kappa shape index (κ3) is 7.81. The Bertz CT molecular complexity index is 1150. The molecule has 38 heavy (non-hydrogen) atoms. The van der Waals surface area contributed by atoms with Gasteiger partial charge in [0, 0.05) is 25.1 Å². The number of hydrogen-bond donors (Lipinski definition) is 3. The fraction of sp³-hybridized carbons (Fsp3) is 0.379. The van der Waals surface area contributed by atoms with E-state index in [4.69, 9.17) is 9.47 Å². The van der Waals surface area contributed by atoms with Gasteiger partial charge in [-0.25, -0.2) is 0 Å². The minimum absolute atomic E-state index is 0.0984. The van der Waals surface area contributed by atoms with E-state index in [1.165, 1.54) is 6.08 Å². The summed E-state index contributed by atoms with van der Waals surface area (Å²) in [5.41, 5.74) is 1.32. The van der Waals surface area contributed by atoms with E-state index in [2.05, 4.69) is 27.9 Å². The molecule has 0 aliphatic heterocycles. The van der Waals surface area contributed by atoms with Crippen molar-refractivity contribution < 1.29 is 29.3 Å². The number of hydrogen-bond acceptors (Lipinski definition) is 6. The van der Waals surface area contributed by atoms with Crippen LogP contribution in [0.1, 0.15) is 25.3 Å². The first-order chi connectivity index (χ1) is 18.4. The van der Waals surface area contributed by atoms with Crippen molar-refractivity contribution in [2.24, 2.45) is 0 Å². The van der Waals surface area contributed by atoms with Crippen LogP contribution < -0.4 is 14.8 Å². The van der Waals surface area contributed by atoms with Gasteiger partial charge in [-0.1, -0.05) is 43.3 Å². The maximum atomic E-state index is 13.4. The Labute approximate surface area is 237 Å². The SMILES string of the molecule is CCC=CC(=O)N(CCc1ccccc1OC)[C@@H]1CC(C(=O)NCCO)=C[C@H](Oc2ccccc2I)[C@H]1O. The standard InChI is InChI=1S/C29H35IN2O6/c1-3-4-13-27(34)32(16-14-20-9-5-7-11-24(20)37-2)23-18-21(29(36)31-15-17-33)19-26(28(23)35)38-25-12-8-6-10-22(25)30/h4-13,19,23,26,28,33,35H,3,14-18H2,1-2H3,(H,31,36)/t23-,26+,28+/m1/s1. The quantitative estimate of drug-likeness (QED) is 0.245. The number of ether oxygens (including phenoxy) is 2. The number of methoxy groups -OCH3 is 1. The molecule has 0 aromatic heterocycles. The number of nitrogens with zero attached hydrogens (tertiary/aromatic N) is 1. The van der Waals surface area contributed by atoms with Gasteiger partial charge in [0.15, 0.2) is 0 Å². The van der Waals surface area contributed by atoms with Crippen LogP contribution in [0.3, 0.4) is 0 Å². The number of halogens is 1. The predicted octanol–water partition coefficient (Wildman–Crippen LogP) is 3.25. The van der Waals surface area contributed by atoms with Gasteiger partial charge in [-0.3, -0.25) is 9.59 Å². The van der Waals surface area contributed by atoms with Gasteiger partial charge in [0.25, 0.3) is 0 Å². The van der Waals surface area contributed by atoms with Crippen molar-refractivity contribution in [2.45, 2.75) is 44.4 Å². The molecule has 1 aliphatic rings. The topological polar surface area (TPSA) is 108 Å². The number of aliphatic hydroxyl groups is 2. The molecule has 0 unspecified atom stereocenters. The van der Waals surface area contributed by atoms with Gasteiger partial charge < -0.3 is 29.9 Å². The summed E-state index contributed by atoms with van der Waals surface area (Å²) in [6.45, 7) is 2.14. The number of nitrogens with one attached hydrogen (secondary N) is 1. The van der Waals surface area contributed by atoms with Crippen LogP contribution in [0.4, 0.5) is 0 Å². The van der Waals surface area contributed by atoms with Gasteiger partial charge >= 0.3 is 0 Å². The number of para-hydroxylation sites is 2. The summed E-state index contributed by atoms with van der Waals surface area (Å²) in [5.74, 6) is 0.670. The molecule has 2 aromatic rings.